The second-order valence-corrected chi connectivity index (χ2v) is 8.85. The summed E-state index contributed by atoms with van der Waals surface area (Å²) in [5.41, 5.74) is 3.48. The van der Waals surface area contributed by atoms with Crippen LogP contribution in [0.2, 0.25) is 0 Å². The number of likely N-dealkylation sites (tertiary alicyclic amines) is 1. The van der Waals surface area contributed by atoms with Crippen LogP contribution >= 0.6 is 0 Å². The molecule has 3 heterocycles. The summed E-state index contributed by atoms with van der Waals surface area (Å²) in [5.74, 6) is -0.262. The van der Waals surface area contributed by atoms with Gasteiger partial charge in [-0.2, -0.15) is 0 Å². The van der Waals surface area contributed by atoms with Crippen LogP contribution in [0.4, 0.5) is 9.18 Å². The van der Waals surface area contributed by atoms with Crippen LogP contribution < -0.4 is 10.6 Å². The van der Waals surface area contributed by atoms with E-state index in [-0.39, 0.29) is 24.0 Å². The number of fused-ring (bicyclic) bond motifs is 1. The zero-order valence-electron chi connectivity index (χ0n) is 19.0. The van der Waals surface area contributed by atoms with E-state index in [9.17, 15) is 9.18 Å². The van der Waals surface area contributed by atoms with Crippen molar-refractivity contribution in [2.45, 2.75) is 51.2 Å². The molecule has 0 spiro atoms. The van der Waals surface area contributed by atoms with Gasteiger partial charge in [-0.05, 0) is 24.5 Å². The number of amides is 2. The van der Waals surface area contributed by atoms with Crippen molar-refractivity contribution in [1.82, 2.24) is 30.5 Å². The van der Waals surface area contributed by atoms with Crippen molar-refractivity contribution in [3.63, 3.8) is 0 Å². The van der Waals surface area contributed by atoms with Crippen molar-refractivity contribution in [1.29, 1.82) is 0 Å². The average molecular weight is 465 g/mol. The summed E-state index contributed by atoms with van der Waals surface area (Å²) < 4.78 is 21.9. The molecule has 2 aliphatic rings. The smallest absolute Gasteiger partial charge is 0.315 e. The summed E-state index contributed by atoms with van der Waals surface area (Å²) >= 11 is 0. The molecule has 1 saturated heterocycles. The molecule has 1 atom stereocenters. The molecule has 9 heteroatoms. The van der Waals surface area contributed by atoms with Gasteiger partial charge in [0.25, 0.3) is 0 Å². The Morgan fingerprint density at radius 3 is 2.65 bits per heavy atom. The second kappa shape index (κ2) is 10.3. The fraction of sp³-hybridized carbons (Fsp3) is 0.400. The zero-order chi connectivity index (χ0) is 23.3. The number of benzene rings is 2. The van der Waals surface area contributed by atoms with E-state index in [2.05, 4.69) is 25.8 Å². The summed E-state index contributed by atoms with van der Waals surface area (Å²) in [6, 6.07) is 16.6. The molecule has 2 aromatic carbocycles. The molecule has 3 aromatic rings. The molecule has 1 aromatic heterocycles. The Balaban J connectivity index is 1.09. The van der Waals surface area contributed by atoms with Gasteiger partial charge in [0.1, 0.15) is 17.6 Å². The van der Waals surface area contributed by atoms with Gasteiger partial charge in [-0.25, -0.2) is 13.9 Å². The Kier molecular flexibility index (Phi) is 6.82. The van der Waals surface area contributed by atoms with Crippen molar-refractivity contribution >= 4 is 6.03 Å². The predicted molar refractivity (Wildman–Crippen MR) is 124 cm³/mol. The van der Waals surface area contributed by atoms with Gasteiger partial charge in [0.15, 0.2) is 0 Å². The van der Waals surface area contributed by atoms with Crippen LogP contribution in [0, 0.1) is 5.82 Å². The predicted octanol–water partition coefficient (Wildman–Crippen LogP) is 3.15. The number of carbonyl (C=O) groups is 1. The number of nitrogens with one attached hydrogen (secondary N) is 2. The van der Waals surface area contributed by atoms with Gasteiger partial charge < -0.3 is 15.4 Å². The molecule has 1 fully saturated rings. The molecule has 178 valence electrons. The van der Waals surface area contributed by atoms with Crippen LogP contribution in [-0.4, -0.2) is 45.1 Å². The SMILES string of the molecule is O=C(NCc1ccccc1)NC1CCN(Cc2nnn3c2CO[C@H](c2ccccc2F)C3)CC1. The van der Waals surface area contributed by atoms with Gasteiger partial charge in [0.05, 0.1) is 18.8 Å². The van der Waals surface area contributed by atoms with E-state index in [1.807, 2.05) is 41.1 Å². The molecule has 0 radical (unpaired) electrons. The Bertz CT molecular complexity index is 1110. The molecule has 0 unspecified atom stereocenters. The molecule has 2 amide bonds. The highest BCUT2D eigenvalue weighted by atomic mass is 19.1. The fourth-order valence-corrected chi connectivity index (χ4v) is 4.57. The summed E-state index contributed by atoms with van der Waals surface area (Å²) in [5, 5.41) is 14.7. The van der Waals surface area contributed by atoms with Crippen LogP contribution in [0.15, 0.2) is 54.6 Å². The van der Waals surface area contributed by atoms with Crippen LogP contribution in [0.25, 0.3) is 0 Å². The Labute approximate surface area is 198 Å². The lowest BCUT2D eigenvalue weighted by Gasteiger charge is -2.32. The number of nitrogens with zero attached hydrogens (tertiary/aromatic N) is 4. The molecule has 2 N–H and O–H groups in total. The largest absolute Gasteiger partial charge is 0.365 e. The van der Waals surface area contributed by atoms with Crippen molar-refractivity contribution in [3.05, 3.63) is 82.9 Å². The van der Waals surface area contributed by atoms with Crippen LogP contribution in [0.5, 0.6) is 0 Å². The lowest BCUT2D eigenvalue weighted by molar-refractivity contribution is -0.00414. The number of piperidine rings is 1. The highest BCUT2D eigenvalue weighted by Gasteiger charge is 2.28. The number of aromatic nitrogens is 3. The number of rotatable bonds is 6. The molecule has 34 heavy (non-hydrogen) atoms. The van der Waals surface area contributed by atoms with Crippen LogP contribution in [0.1, 0.15) is 41.5 Å². The Morgan fingerprint density at radius 2 is 1.85 bits per heavy atom. The summed E-state index contributed by atoms with van der Waals surface area (Å²) in [6.07, 6.45) is 1.40. The second-order valence-electron chi connectivity index (χ2n) is 8.85. The fourth-order valence-electron chi connectivity index (χ4n) is 4.57. The summed E-state index contributed by atoms with van der Waals surface area (Å²) in [6.45, 7) is 3.76. The molecule has 2 aliphatic heterocycles. The minimum atomic E-state index is -0.363. The first-order chi connectivity index (χ1) is 16.7. The monoisotopic (exact) mass is 464 g/mol. The number of ether oxygens (including phenoxy) is 1. The number of urea groups is 1. The van der Waals surface area contributed by atoms with E-state index in [1.54, 1.807) is 12.1 Å². The molecule has 0 aliphatic carbocycles. The first-order valence-electron chi connectivity index (χ1n) is 11.7. The Morgan fingerprint density at radius 1 is 1.09 bits per heavy atom. The normalized spacial score (nSPS) is 18.9. The average Bonchev–Trinajstić information content (AvgIpc) is 3.27. The van der Waals surface area contributed by atoms with Gasteiger partial charge in [0, 0.05) is 37.8 Å². The summed E-state index contributed by atoms with van der Waals surface area (Å²) in [7, 11) is 0. The maximum atomic E-state index is 14.1. The maximum Gasteiger partial charge on any atom is 0.315 e. The zero-order valence-corrected chi connectivity index (χ0v) is 19.0. The Hall–Kier alpha value is -3.30. The highest BCUT2D eigenvalue weighted by Crippen LogP contribution is 2.29. The number of hydrogen-bond donors (Lipinski definition) is 2. The van der Waals surface area contributed by atoms with Gasteiger partial charge >= 0.3 is 6.03 Å². The van der Waals surface area contributed by atoms with Crippen LogP contribution in [-0.2, 0) is 31.0 Å². The van der Waals surface area contributed by atoms with E-state index in [0.717, 1.165) is 42.9 Å². The third kappa shape index (κ3) is 5.26. The van der Waals surface area contributed by atoms with Crippen molar-refractivity contribution < 1.29 is 13.9 Å². The molecule has 0 bridgehead atoms. The number of hydrogen-bond acceptors (Lipinski definition) is 5. The molecular formula is C25H29FN6O2. The van der Waals surface area contributed by atoms with Crippen molar-refractivity contribution in [2.24, 2.45) is 0 Å². The van der Waals surface area contributed by atoms with Gasteiger partial charge in [-0.15, -0.1) is 5.10 Å². The first kappa shape index (κ1) is 22.5. The van der Waals surface area contributed by atoms with Gasteiger partial charge in [-0.3, -0.25) is 4.90 Å². The van der Waals surface area contributed by atoms with Crippen molar-refractivity contribution in [3.8, 4) is 0 Å². The third-order valence-electron chi connectivity index (χ3n) is 6.52. The maximum absolute atomic E-state index is 14.1. The van der Waals surface area contributed by atoms with E-state index in [0.29, 0.717) is 31.8 Å². The quantitative estimate of drug-likeness (QED) is 0.586. The summed E-state index contributed by atoms with van der Waals surface area (Å²) in [4.78, 5) is 14.6. The van der Waals surface area contributed by atoms with E-state index >= 15 is 0 Å². The number of carbonyl (C=O) groups excluding carboxylic acids is 1. The first-order valence-corrected chi connectivity index (χ1v) is 11.7. The van der Waals surface area contributed by atoms with E-state index in [4.69, 9.17) is 4.74 Å². The minimum Gasteiger partial charge on any atom is -0.365 e. The van der Waals surface area contributed by atoms with E-state index < -0.39 is 0 Å². The molecule has 0 saturated carbocycles. The molecule has 5 rings (SSSR count). The number of halogens is 1. The highest BCUT2D eigenvalue weighted by molar-refractivity contribution is 5.74. The van der Waals surface area contributed by atoms with Crippen LogP contribution in [0.3, 0.4) is 0 Å². The molecular weight excluding hydrogens is 435 g/mol. The standard InChI is InChI=1S/C25H29FN6O2/c26-21-9-5-4-8-20(21)24-16-32-23(17-34-24)22(29-30-32)15-31-12-10-19(11-13-31)28-25(33)27-14-18-6-2-1-3-7-18/h1-9,19,24H,10-17H2,(H2,27,28,33)/t24-/m0/s1. The molecule has 8 nitrogen and oxygen atoms in total. The lowest BCUT2D eigenvalue weighted by Crippen LogP contribution is -2.47. The topological polar surface area (TPSA) is 84.3 Å². The van der Waals surface area contributed by atoms with E-state index in [1.165, 1.54) is 6.07 Å². The third-order valence-corrected chi connectivity index (χ3v) is 6.52. The lowest BCUT2D eigenvalue weighted by atomic mass is 10.0. The van der Waals surface area contributed by atoms with Crippen molar-refractivity contribution in [2.75, 3.05) is 13.1 Å². The van der Waals surface area contributed by atoms with Gasteiger partial charge in [-0.1, -0.05) is 53.7 Å². The van der Waals surface area contributed by atoms with Gasteiger partial charge in [0.2, 0.25) is 0 Å². The minimum absolute atomic E-state index is 0.128.